The molecular formula is C33H45FN6O2. The fourth-order valence-corrected chi connectivity index (χ4v) is 7.07. The van der Waals surface area contributed by atoms with E-state index in [2.05, 4.69) is 60.2 Å². The number of nitrogens with zero attached hydrogens (tertiary/aromatic N) is 5. The van der Waals surface area contributed by atoms with Crippen molar-refractivity contribution in [3.05, 3.63) is 64.4 Å². The quantitative estimate of drug-likeness (QED) is 0.483. The van der Waals surface area contributed by atoms with Gasteiger partial charge in [-0.1, -0.05) is 26.0 Å². The fourth-order valence-electron chi connectivity index (χ4n) is 7.07. The largest absolute Gasteiger partial charge is 0.379 e. The maximum atomic E-state index is 14.3. The molecule has 0 bridgehead atoms. The average Bonchev–Trinajstić information content (AvgIpc) is 3.39. The molecule has 1 amide bonds. The molecule has 3 aliphatic heterocycles. The maximum Gasteiger partial charge on any atom is 0.241 e. The van der Waals surface area contributed by atoms with Gasteiger partial charge in [0.05, 0.1) is 36.8 Å². The number of anilines is 1. The normalized spacial score (nSPS) is 24.8. The second-order valence-corrected chi connectivity index (χ2v) is 13.3. The SMILES string of the molecule is Cc1nc2c(Cc3ccc(F)cc3)cc3c(n2c1C)C(C)(C)CN3C(=O)CN1C[C@@H](C)NC[C@@H]1CN1CCOC[C@H]1C. The molecule has 2 fully saturated rings. The Labute approximate surface area is 248 Å². The summed E-state index contributed by atoms with van der Waals surface area (Å²) in [6.45, 7) is 19.1. The van der Waals surface area contributed by atoms with Crippen LogP contribution in [0.4, 0.5) is 10.1 Å². The molecule has 1 N–H and O–H groups in total. The van der Waals surface area contributed by atoms with E-state index in [1.165, 1.54) is 12.1 Å². The molecule has 2 aromatic heterocycles. The molecule has 0 spiro atoms. The van der Waals surface area contributed by atoms with E-state index in [0.29, 0.717) is 31.6 Å². The average molecular weight is 577 g/mol. The van der Waals surface area contributed by atoms with Crippen LogP contribution in [0.3, 0.4) is 0 Å². The van der Waals surface area contributed by atoms with Crippen LogP contribution in [0.5, 0.6) is 0 Å². The van der Waals surface area contributed by atoms with Gasteiger partial charge in [-0.05, 0) is 51.5 Å². The van der Waals surface area contributed by atoms with E-state index in [9.17, 15) is 9.18 Å². The summed E-state index contributed by atoms with van der Waals surface area (Å²) in [6, 6.07) is 9.80. The number of hydrogen-bond donors (Lipinski definition) is 1. The number of pyridine rings is 1. The van der Waals surface area contributed by atoms with Crippen molar-refractivity contribution in [3.63, 3.8) is 0 Å². The van der Waals surface area contributed by atoms with Gasteiger partial charge in [0.15, 0.2) is 0 Å². The van der Waals surface area contributed by atoms with Gasteiger partial charge in [-0.25, -0.2) is 9.37 Å². The van der Waals surface area contributed by atoms with Crippen molar-refractivity contribution in [2.45, 2.75) is 71.5 Å². The number of carbonyl (C=O) groups is 1. The third kappa shape index (κ3) is 5.48. The molecule has 0 unspecified atom stereocenters. The zero-order valence-corrected chi connectivity index (χ0v) is 25.9. The Balaban J connectivity index is 1.33. The molecule has 226 valence electrons. The van der Waals surface area contributed by atoms with Crippen molar-refractivity contribution in [2.75, 3.05) is 57.4 Å². The van der Waals surface area contributed by atoms with Crippen LogP contribution in [-0.2, 0) is 21.4 Å². The first kappa shape index (κ1) is 29.2. The van der Waals surface area contributed by atoms with Crippen molar-refractivity contribution < 1.29 is 13.9 Å². The van der Waals surface area contributed by atoms with Crippen LogP contribution in [0.2, 0.25) is 0 Å². The summed E-state index contributed by atoms with van der Waals surface area (Å²) in [7, 11) is 0. The number of fused-ring (bicyclic) bond motifs is 3. The first-order valence-corrected chi connectivity index (χ1v) is 15.4. The topological polar surface area (TPSA) is 65.4 Å². The molecule has 3 aliphatic rings. The Bertz CT molecular complexity index is 1470. The molecule has 42 heavy (non-hydrogen) atoms. The van der Waals surface area contributed by atoms with Gasteiger partial charge in [-0.2, -0.15) is 0 Å². The van der Waals surface area contributed by atoms with Crippen molar-refractivity contribution in [2.24, 2.45) is 0 Å². The zero-order valence-electron chi connectivity index (χ0n) is 25.9. The van der Waals surface area contributed by atoms with Gasteiger partial charge in [0.25, 0.3) is 0 Å². The summed E-state index contributed by atoms with van der Waals surface area (Å²) < 4.78 is 21.6. The minimum Gasteiger partial charge on any atom is -0.379 e. The zero-order chi connectivity index (χ0) is 29.8. The first-order chi connectivity index (χ1) is 20.0. The van der Waals surface area contributed by atoms with Crippen molar-refractivity contribution in [1.29, 1.82) is 0 Å². The smallest absolute Gasteiger partial charge is 0.241 e. The molecule has 1 aromatic carbocycles. The number of amides is 1. The van der Waals surface area contributed by atoms with Gasteiger partial charge in [0, 0.05) is 73.9 Å². The van der Waals surface area contributed by atoms with Crippen molar-refractivity contribution in [1.82, 2.24) is 24.5 Å². The van der Waals surface area contributed by atoms with Gasteiger partial charge in [-0.15, -0.1) is 0 Å². The van der Waals surface area contributed by atoms with Crippen LogP contribution in [0.15, 0.2) is 30.3 Å². The standard InChI is InChI=1S/C33H45FN6O2/c1-21-16-38(28(15-35-21)17-37-11-12-42-19-22(37)2)18-30(41)39-20-33(5,6)31-29(39)14-26(13-25-7-9-27(34)10-8-25)32-36-23(3)24(4)40(31)32/h7-10,14,21-22,28,35H,11-13,15-20H2,1-6H3/t21-,22-,28-/m1/s1. The maximum absolute atomic E-state index is 14.3. The summed E-state index contributed by atoms with van der Waals surface area (Å²) in [6.07, 6.45) is 0.616. The molecule has 0 saturated carbocycles. The van der Waals surface area contributed by atoms with Gasteiger partial charge in [0.1, 0.15) is 11.5 Å². The first-order valence-electron chi connectivity index (χ1n) is 15.4. The van der Waals surface area contributed by atoms with Gasteiger partial charge < -0.3 is 15.0 Å². The molecule has 8 nitrogen and oxygen atoms in total. The minimum absolute atomic E-state index is 0.137. The number of hydrogen-bond acceptors (Lipinski definition) is 6. The number of imidazole rings is 1. The van der Waals surface area contributed by atoms with Crippen LogP contribution in [0, 0.1) is 19.7 Å². The Morgan fingerprint density at radius 3 is 2.67 bits per heavy atom. The molecule has 0 radical (unpaired) electrons. The monoisotopic (exact) mass is 576 g/mol. The molecule has 0 aliphatic carbocycles. The highest BCUT2D eigenvalue weighted by Crippen LogP contribution is 2.43. The van der Waals surface area contributed by atoms with Crippen LogP contribution >= 0.6 is 0 Å². The van der Waals surface area contributed by atoms with Gasteiger partial charge >= 0.3 is 0 Å². The van der Waals surface area contributed by atoms with Gasteiger partial charge in [-0.3, -0.25) is 19.0 Å². The molecule has 9 heteroatoms. The van der Waals surface area contributed by atoms with E-state index in [0.717, 1.165) is 78.9 Å². The Kier molecular flexibility index (Phi) is 7.89. The highest BCUT2D eigenvalue weighted by Gasteiger charge is 2.42. The predicted octanol–water partition coefficient (Wildman–Crippen LogP) is 3.69. The van der Waals surface area contributed by atoms with E-state index < -0.39 is 0 Å². The number of carbonyl (C=O) groups excluding carboxylic acids is 1. The number of piperazine rings is 1. The number of aryl methyl sites for hydroxylation is 2. The Morgan fingerprint density at radius 2 is 1.93 bits per heavy atom. The minimum atomic E-state index is -0.243. The molecular weight excluding hydrogens is 531 g/mol. The van der Waals surface area contributed by atoms with Crippen LogP contribution in [-0.4, -0.2) is 95.7 Å². The summed E-state index contributed by atoms with van der Waals surface area (Å²) in [5, 5.41) is 3.64. The Morgan fingerprint density at radius 1 is 1.17 bits per heavy atom. The fraction of sp³-hybridized carbons (Fsp3) is 0.576. The lowest BCUT2D eigenvalue weighted by Crippen LogP contribution is -2.62. The molecule has 6 rings (SSSR count). The van der Waals surface area contributed by atoms with Crippen molar-refractivity contribution in [3.8, 4) is 0 Å². The number of nitrogens with one attached hydrogen (secondary N) is 1. The van der Waals surface area contributed by atoms with E-state index in [1.54, 1.807) is 0 Å². The summed E-state index contributed by atoms with van der Waals surface area (Å²) in [4.78, 5) is 26.1. The van der Waals surface area contributed by atoms with E-state index in [1.807, 2.05) is 24.0 Å². The molecule has 3 aromatic rings. The van der Waals surface area contributed by atoms with E-state index in [4.69, 9.17) is 9.72 Å². The second kappa shape index (κ2) is 11.3. The number of rotatable bonds is 6. The summed E-state index contributed by atoms with van der Waals surface area (Å²) in [5.41, 5.74) is 6.93. The number of halogens is 1. The summed E-state index contributed by atoms with van der Waals surface area (Å²) in [5.74, 6) is -0.106. The molecule has 3 atom stereocenters. The molecule has 2 saturated heterocycles. The number of benzene rings is 1. The second-order valence-electron chi connectivity index (χ2n) is 13.3. The summed E-state index contributed by atoms with van der Waals surface area (Å²) >= 11 is 0. The van der Waals surface area contributed by atoms with Crippen LogP contribution in [0.1, 0.15) is 55.9 Å². The number of morpholine rings is 1. The number of aromatic nitrogens is 2. The van der Waals surface area contributed by atoms with E-state index >= 15 is 0 Å². The third-order valence-electron chi connectivity index (χ3n) is 9.52. The van der Waals surface area contributed by atoms with E-state index in [-0.39, 0.29) is 23.2 Å². The lowest BCUT2D eigenvalue weighted by Gasteiger charge is -2.43. The lowest BCUT2D eigenvalue weighted by molar-refractivity contribution is -0.121. The third-order valence-corrected chi connectivity index (χ3v) is 9.52. The highest BCUT2D eigenvalue weighted by atomic mass is 19.1. The van der Waals surface area contributed by atoms with Crippen LogP contribution < -0.4 is 10.2 Å². The molecule has 5 heterocycles. The Hall–Kier alpha value is -2.85. The lowest BCUT2D eigenvalue weighted by atomic mass is 9.90. The van der Waals surface area contributed by atoms with Crippen LogP contribution in [0.25, 0.3) is 5.65 Å². The van der Waals surface area contributed by atoms with Gasteiger partial charge in [0.2, 0.25) is 5.91 Å². The number of ether oxygens (including phenoxy) is 1. The predicted molar refractivity (Wildman–Crippen MR) is 164 cm³/mol. The highest BCUT2D eigenvalue weighted by molar-refractivity contribution is 5.98. The van der Waals surface area contributed by atoms with Crippen molar-refractivity contribution >= 4 is 17.2 Å².